The van der Waals surface area contributed by atoms with E-state index in [1.54, 1.807) is 26.3 Å². The first-order valence-corrected chi connectivity index (χ1v) is 8.70. The van der Waals surface area contributed by atoms with E-state index in [9.17, 15) is 4.79 Å². The lowest BCUT2D eigenvalue weighted by molar-refractivity contribution is -0.000236. The average Bonchev–Trinajstić information content (AvgIpc) is 2.66. The number of ether oxygens (including phenoxy) is 2. The van der Waals surface area contributed by atoms with Gasteiger partial charge >= 0.3 is 0 Å². The Labute approximate surface area is 157 Å². The van der Waals surface area contributed by atoms with E-state index >= 15 is 0 Å². The molecular formula is C18H21ClN4O3. The maximum absolute atomic E-state index is 11.9. The number of carbonyl (C=O) groups is 1. The largest absolute Gasteiger partial charge is 0.494 e. The number of nitrogens with one attached hydrogen (secondary N) is 2. The smallest absolute Gasteiger partial charge is 0.269 e. The topological polar surface area (TPSA) is 85.4 Å². The van der Waals surface area contributed by atoms with E-state index in [0.29, 0.717) is 28.8 Å². The van der Waals surface area contributed by atoms with Crippen LogP contribution in [0.4, 0.5) is 0 Å². The third-order valence-electron chi connectivity index (χ3n) is 4.29. The lowest BCUT2D eigenvalue weighted by atomic mass is 10.0. The molecule has 1 fully saturated rings. The molecule has 8 heteroatoms. The second-order valence-corrected chi connectivity index (χ2v) is 6.38. The third-order valence-corrected chi connectivity index (χ3v) is 4.48. The number of nitrogens with zero attached hydrogens (tertiary/aromatic N) is 2. The number of pyridine rings is 2. The molecule has 2 aromatic rings. The number of hydrogen-bond donors (Lipinski definition) is 2. The van der Waals surface area contributed by atoms with E-state index in [2.05, 4.69) is 27.5 Å². The second-order valence-electron chi connectivity index (χ2n) is 5.99. The average molecular weight is 377 g/mol. The molecule has 7 nitrogen and oxygen atoms in total. The van der Waals surface area contributed by atoms with Gasteiger partial charge in [-0.15, -0.1) is 0 Å². The molecule has 2 atom stereocenters. The predicted molar refractivity (Wildman–Crippen MR) is 98.6 cm³/mol. The number of methoxy groups -OCH3 is 1. The van der Waals surface area contributed by atoms with Gasteiger partial charge < -0.3 is 20.1 Å². The van der Waals surface area contributed by atoms with Crippen molar-refractivity contribution in [1.29, 1.82) is 0 Å². The van der Waals surface area contributed by atoms with E-state index < -0.39 is 0 Å². The van der Waals surface area contributed by atoms with Gasteiger partial charge in [0, 0.05) is 25.2 Å². The summed E-state index contributed by atoms with van der Waals surface area (Å²) in [6.45, 7) is 3.51. The SMILES string of the molecule is CNC(=O)c1cc(-c2cc(C3OCCNC3C)cc(Cl)n2)c(OC)cn1. The van der Waals surface area contributed by atoms with Crippen LogP contribution >= 0.6 is 11.6 Å². The van der Waals surface area contributed by atoms with Crippen LogP contribution in [0.5, 0.6) is 5.75 Å². The Bertz CT molecular complexity index is 815. The van der Waals surface area contributed by atoms with Crippen LogP contribution in [-0.4, -0.2) is 49.2 Å². The molecule has 0 aromatic carbocycles. The zero-order chi connectivity index (χ0) is 18.7. The minimum atomic E-state index is -0.287. The molecule has 2 unspecified atom stereocenters. The van der Waals surface area contributed by atoms with Gasteiger partial charge in [-0.05, 0) is 30.7 Å². The summed E-state index contributed by atoms with van der Waals surface area (Å²) in [4.78, 5) is 20.5. The van der Waals surface area contributed by atoms with Gasteiger partial charge in [-0.3, -0.25) is 4.79 Å². The molecule has 0 bridgehead atoms. The van der Waals surface area contributed by atoms with Gasteiger partial charge in [0.05, 0.1) is 31.7 Å². The highest BCUT2D eigenvalue weighted by atomic mass is 35.5. The molecule has 0 saturated carbocycles. The quantitative estimate of drug-likeness (QED) is 0.796. The Morgan fingerprint density at radius 1 is 1.42 bits per heavy atom. The molecular weight excluding hydrogens is 356 g/mol. The highest BCUT2D eigenvalue weighted by molar-refractivity contribution is 6.29. The molecule has 1 aliphatic heterocycles. The molecule has 2 aromatic heterocycles. The van der Waals surface area contributed by atoms with E-state index in [0.717, 1.165) is 12.1 Å². The molecule has 0 spiro atoms. The molecule has 1 saturated heterocycles. The fraction of sp³-hybridized carbons (Fsp3) is 0.389. The zero-order valence-corrected chi connectivity index (χ0v) is 15.6. The van der Waals surface area contributed by atoms with Gasteiger partial charge in [0.15, 0.2) is 0 Å². The molecule has 0 aliphatic carbocycles. The Morgan fingerprint density at radius 3 is 2.92 bits per heavy atom. The molecule has 26 heavy (non-hydrogen) atoms. The normalized spacial score (nSPS) is 19.8. The molecule has 3 rings (SSSR count). The van der Waals surface area contributed by atoms with Crippen molar-refractivity contribution in [3.8, 4) is 17.0 Å². The van der Waals surface area contributed by atoms with Gasteiger partial charge in [-0.2, -0.15) is 0 Å². The van der Waals surface area contributed by atoms with Crippen molar-refractivity contribution in [3.63, 3.8) is 0 Å². The van der Waals surface area contributed by atoms with Crippen LogP contribution in [0.25, 0.3) is 11.3 Å². The number of rotatable bonds is 4. The first kappa shape index (κ1) is 18.6. The van der Waals surface area contributed by atoms with Crippen molar-refractivity contribution in [2.75, 3.05) is 27.3 Å². The second kappa shape index (κ2) is 7.99. The number of aromatic nitrogens is 2. The highest BCUT2D eigenvalue weighted by Gasteiger charge is 2.25. The maximum Gasteiger partial charge on any atom is 0.269 e. The van der Waals surface area contributed by atoms with Crippen molar-refractivity contribution >= 4 is 17.5 Å². The van der Waals surface area contributed by atoms with Gasteiger partial charge in [-0.1, -0.05) is 11.6 Å². The Kier molecular flexibility index (Phi) is 5.70. The van der Waals surface area contributed by atoms with Gasteiger partial charge in [0.1, 0.15) is 16.6 Å². The summed E-state index contributed by atoms with van der Waals surface area (Å²) in [7, 11) is 3.10. The van der Waals surface area contributed by atoms with E-state index in [1.165, 1.54) is 6.20 Å². The molecule has 1 aliphatic rings. The zero-order valence-electron chi connectivity index (χ0n) is 14.9. The predicted octanol–water partition coefficient (Wildman–Crippen LogP) is 2.21. The van der Waals surface area contributed by atoms with E-state index in [1.807, 2.05) is 6.07 Å². The fourth-order valence-corrected chi connectivity index (χ4v) is 3.20. The third kappa shape index (κ3) is 3.80. The lowest BCUT2D eigenvalue weighted by Crippen LogP contribution is -2.41. The minimum absolute atomic E-state index is 0.130. The summed E-state index contributed by atoms with van der Waals surface area (Å²) in [5.41, 5.74) is 2.43. The molecule has 1 amide bonds. The van der Waals surface area contributed by atoms with Crippen molar-refractivity contribution < 1.29 is 14.3 Å². The highest BCUT2D eigenvalue weighted by Crippen LogP contribution is 2.33. The number of halogens is 1. The van der Waals surface area contributed by atoms with Crippen LogP contribution in [-0.2, 0) is 4.74 Å². The maximum atomic E-state index is 11.9. The van der Waals surface area contributed by atoms with Gasteiger partial charge in [0.2, 0.25) is 0 Å². The van der Waals surface area contributed by atoms with Crippen molar-refractivity contribution in [2.45, 2.75) is 19.1 Å². The standard InChI is InChI=1S/C18H21ClN4O3/c1-10-17(26-5-4-21-10)11-6-13(23-16(19)7-11)12-8-14(18(24)20-2)22-9-15(12)25-3/h6-10,17,21H,4-5H2,1-3H3,(H,20,24). The Morgan fingerprint density at radius 2 is 2.23 bits per heavy atom. The van der Waals surface area contributed by atoms with Crippen LogP contribution in [0, 0.1) is 0 Å². The summed E-state index contributed by atoms with van der Waals surface area (Å²) in [5, 5.41) is 6.29. The van der Waals surface area contributed by atoms with Crippen molar-refractivity contribution in [2.24, 2.45) is 0 Å². The van der Waals surface area contributed by atoms with E-state index in [-0.39, 0.29) is 23.7 Å². The summed E-state index contributed by atoms with van der Waals surface area (Å²) in [5.74, 6) is 0.221. The molecule has 3 heterocycles. The number of carbonyl (C=O) groups excluding carboxylic acids is 1. The molecule has 138 valence electrons. The molecule has 0 radical (unpaired) electrons. The summed E-state index contributed by atoms with van der Waals surface area (Å²) >= 11 is 6.27. The summed E-state index contributed by atoms with van der Waals surface area (Å²) in [6.07, 6.45) is 1.37. The lowest BCUT2D eigenvalue weighted by Gasteiger charge is -2.30. The number of hydrogen-bond acceptors (Lipinski definition) is 6. The number of amides is 1. The van der Waals surface area contributed by atoms with Crippen LogP contribution in [0.3, 0.4) is 0 Å². The number of morpholine rings is 1. The monoisotopic (exact) mass is 376 g/mol. The Balaban J connectivity index is 2.07. The van der Waals surface area contributed by atoms with Gasteiger partial charge in [-0.25, -0.2) is 9.97 Å². The van der Waals surface area contributed by atoms with Gasteiger partial charge in [0.25, 0.3) is 5.91 Å². The summed E-state index contributed by atoms with van der Waals surface area (Å²) in [6, 6.07) is 5.50. The van der Waals surface area contributed by atoms with E-state index in [4.69, 9.17) is 21.1 Å². The fourth-order valence-electron chi connectivity index (χ4n) is 2.99. The van der Waals surface area contributed by atoms with Crippen molar-refractivity contribution in [3.05, 3.63) is 40.8 Å². The van der Waals surface area contributed by atoms with Crippen molar-refractivity contribution in [1.82, 2.24) is 20.6 Å². The first-order chi connectivity index (χ1) is 12.5. The van der Waals surface area contributed by atoms with Crippen LogP contribution in [0.1, 0.15) is 29.1 Å². The Hall–Kier alpha value is -2.22. The van der Waals surface area contributed by atoms with Crippen LogP contribution in [0.2, 0.25) is 5.15 Å². The van der Waals surface area contributed by atoms with Crippen LogP contribution < -0.4 is 15.4 Å². The first-order valence-electron chi connectivity index (χ1n) is 8.32. The minimum Gasteiger partial charge on any atom is -0.494 e. The summed E-state index contributed by atoms with van der Waals surface area (Å²) < 4.78 is 11.3. The molecule has 2 N–H and O–H groups in total. The van der Waals surface area contributed by atoms with Crippen LogP contribution in [0.15, 0.2) is 24.4 Å².